The Morgan fingerprint density at radius 1 is 1.32 bits per heavy atom. The Bertz CT molecular complexity index is 439. The van der Waals surface area contributed by atoms with Crippen LogP contribution >= 0.6 is 23.4 Å². The average Bonchev–Trinajstić information content (AvgIpc) is 2.38. The van der Waals surface area contributed by atoms with Crippen molar-refractivity contribution in [3.05, 3.63) is 28.8 Å². The molecular formula is C14H19ClN2OS. The molecule has 5 heteroatoms. The fourth-order valence-electron chi connectivity index (χ4n) is 2.46. The third kappa shape index (κ3) is 4.05. The summed E-state index contributed by atoms with van der Waals surface area (Å²) >= 11 is 7.83. The molecule has 1 amide bonds. The summed E-state index contributed by atoms with van der Waals surface area (Å²) < 4.78 is 0. The van der Waals surface area contributed by atoms with Gasteiger partial charge >= 0.3 is 0 Å². The Balaban J connectivity index is 1.94. The predicted octanol–water partition coefficient (Wildman–Crippen LogP) is 3.33. The second kappa shape index (κ2) is 6.53. The number of carbonyl (C=O) groups is 1. The maximum Gasteiger partial charge on any atom is 0.251 e. The van der Waals surface area contributed by atoms with E-state index in [1.807, 2.05) is 11.8 Å². The molecule has 1 fully saturated rings. The van der Waals surface area contributed by atoms with Crippen LogP contribution in [-0.2, 0) is 0 Å². The van der Waals surface area contributed by atoms with Crippen molar-refractivity contribution >= 4 is 35.0 Å². The quantitative estimate of drug-likeness (QED) is 0.842. The summed E-state index contributed by atoms with van der Waals surface area (Å²) in [4.78, 5) is 12.1. The molecule has 3 N–H and O–H groups in total. The second-order valence-corrected chi connectivity index (χ2v) is 6.53. The average molecular weight is 299 g/mol. The molecule has 104 valence electrons. The largest absolute Gasteiger partial charge is 0.399 e. The number of nitrogens with one attached hydrogen (secondary N) is 1. The first-order chi connectivity index (χ1) is 9.08. The van der Waals surface area contributed by atoms with E-state index in [0.29, 0.717) is 16.3 Å². The molecule has 1 aliphatic carbocycles. The Kier molecular flexibility index (Phi) is 4.99. The third-order valence-electron chi connectivity index (χ3n) is 3.53. The van der Waals surface area contributed by atoms with E-state index in [0.717, 1.165) is 18.1 Å². The Labute approximate surface area is 123 Å². The zero-order chi connectivity index (χ0) is 13.8. The van der Waals surface area contributed by atoms with Crippen LogP contribution in [0.1, 0.15) is 36.0 Å². The van der Waals surface area contributed by atoms with Crippen LogP contribution in [0.5, 0.6) is 0 Å². The van der Waals surface area contributed by atoms with Crippen LogP contribution in [0, 0.1) is 0 Å². The molecule has 1 aromatic carbocycles. The molecule has 1 aliphatic rings. The molecule has 0 spiro atoms. The molecule has 1 saturated carbocycles. The number of rotatable bonds is 3. The van der Waals surface area contributed by atoms with E-state index in [9.17, 15) is 4.79 Å². The standard InChI is InChI=1S/C14H19ClN2OS/c1-19-13-4-2-12(3-5-13)17-14(18)9-6-10(15)8-11(16)7-9/h6-8,12-13H,2-5,16H2,1H3,(H,17,18). The highest BCUT2D eigenvalue weighted by Gasteiger charge is 2.22. The number of benzene rings is 1. The molecule has 2 rings (SSSR count). The van der Waals surface area contributed by atoms with Gasteiger partial charge in [-0.05, 0) is 50.1 Å². The SMILES string of the molecule is CSC1CCC(NC(=O)c2cc(N)cc(Cl)c2)CC1. The van der Waals surface area contributed by atoms with Crippen LogP contribution in [0.4, 0.5) is 5.69 Å². The lowest BCUT2D eigenvalue weighted by atomic mass is 9.94. The smallest absolute Gasteiger partial charge is 0.251 e. The molecule has 0 aromatic heterocycles. The summed E-state index contributed by atoms with van der Waals surface area (Å²) in [5.74, 6) is -0.0817. The number of hydrogen-bond donors (Lipinski definition) is 2. The van der Waals surface area contributed by atoms with E-state index in [2.05, 4.69) is 11.6 Å². The number of nitrogens with two attached hydrogens (primary N) is 1. The van der Waals surface area contributed by atoms with Gasteiger partial charge in [-0.25, -0.2) is 0 Å². The van der Waals surface area contributed by atoms with Gasteiger partial charge in [0.1, 0.15) is 0 Å². The first-order valence-corrected chi connectivity index (χ1v) is 8.15. The van der Waals surface area contributed by atoms with Gasteiger partial charge < -0.3 is 11.1 Å². The molecule has 0 aliphatic heterocycles. The van der Waals surface area contributed by atoms with Crippen LogP contribution in [0.25, 0.3) is 0 Å². The van der Waals surface area contributed by atoms with Gasteiger partial charge in [-0.15, -0.1) is 0 Å². The van der Waals surface area contributed by atoms with E-state index in [1.54, 1.807) is 18.2 Å². The van der Waals surface area contributed by atoms with Gasteiger partial charge in [-0.3, -0.25) is 4.79 Å². The summed E-state index contributed by atoms with van der Waals surface area (Å²) in [6.45, 7) is 0. The molecule has 0 saturated heterocycles. The highest BCUT2D eigenvalue weighted by molar-refractivity contribution is 7.99. The predicted molar refractivity (Wildman–Crippen MR) is 82.9 cm³/mol. The summed E-state index contributed by atoms with van der Waals surface area (Å²) in [6.07, 6.45) is 6.59. The van der Waals surface area contributed by atoms with Crippen molar-refractivity contribution in [3.8, 4) is 0 Å². The van der Waals surface area contributed by atoms with E-state index >= 15 is 0 Å². The Hall–Kier alpha value is -0.870. The minimum Gasteiger partial charge on any atom is -0.399 e. The fourth-order valence-corrected chi connectivity index (χ4v) is 3.44. The lowest BCUT2D eigenvalue weighted by molar-refractivity contribution is 0.0928. The molecule has 1 aromatic rings. The van der Waals surface area contributed by atoms with Crippen molar-refractivity contribution in [2.24, 2.45) is 0 Å². The second-order valence-electron chi connectivity index (χ2n) is 4.96. The molecule has 0 bridgehead atoms. The van der Waals surface area contributed by atoms with E-state index in [1.165, 1.54) is 12.8 Å². The van der Waals surface area contributed by atoms with Crippen molar-refractivity contribution in [1.29, 1.82) is 0 Å². The first-order valence-electron chi connectivity index (χ1n) is 6.48. The van der Waals surface area contributed by atoms with Gasteiger partial charge in [-0.2, -0.15) is 11.8 Å². The minimum atomic E-state index is -0.0817. The van der Waals surface area contributed by atoms with Crippen LogP contribution in [0.2, 0.25) is 5.02 Å². The molecule has 0 radical (unpaired) electrons. The lowest BCUT2D eigenvalue weighted by Gasteiger charge is -2.28. The first kappa shape index (κ1) is 14.5. The zero-order valence-corrected chi connectivity index (χ0v) is 12.6. The molecule has 19 heavy (non-hydrogen) atoms. The maximum absolute atomic E-state index is 12.1. The summed E-state index contributed by atoms with van der Waals surface area (Å²) in [7, 11) is 0. The van der Waals surface area contributed by atoms with Crippen LogP contribution < -0.4 is 11.1 Å². The Morgan fingerprint density at radius 3 is 2.58 bits per heavy atom. The Morgan fingerprint density at radius 2 is 2.00 bits per heavy atom. The topological polar surface area (TPSA) is 55.1 Å². The zero-order valence-electron chi connectivity index (χ0n) is 11.0. The number of amides is 1. The normalized spacial score (nSPS) is 23.1. The van der Waals surface area contributed by atoms with Crippen molar-refractivity contribution < 1.29 is 4.79 Å². The molecular weight excluding hydrogens is 280 g/mol. The lowest BCUT2D eigenvalue weighted by Crippen LogP contribution is -2.38. The van der Waals surface area contributed by atoms with E-state index in [4.69, 9.17) is 17.3 Å². The van der Waals surface area contributed by atoms with Gasteiger partial charge in [0, 0.05) is 27.6 Å². The van der Waals surface area contributed by atoms with Crippen molar-refractivity contribution in [3.63, 3.8) is 0 Å². The number of carbonyl (C=O) groups excluding carboxylic acids is 1. The number of anilines is 1. The van der Waals surface area contributed by atoms with Gasteiger partial charge in [0.2, 0.25) is 0 Å². The van der Waals surface area contributed by atoms with Crippen LogP contribution in [0.15, 0.2) is 18.2 Å². The van der Waals surface area contributed by atoms with Crippen LogP contribution in [0.3, 0.4) is 0 Å². The van der Waals surface area contributed by atoms with Gasteiger partial charge in [0.25, 0.3) is 5.91 Å². The maximum atomic E-state index is 12.1. The van der Waals surface area contributed by atoms with Gasteiger partial charge in [0.15, 0.2) is 0 Å². The van der Waals surface area contributed by atoms with E-state index < -0.39 is 0 Å². The van der Waals surface area contributed by atoms with Gasteiger partial charge in [0.05, 0.1) is 0 Å². The number of nitrogen functional groups attached to an aromatic ring is 1. The third-order valence-corrected chi connectivity index (χ3v) is 4.88. The summed E-state index contributed by atoms with van der Waals surface area (Å²) in [5.41, 5.74) is 6.76. The fraction of sp³-hybridized carbons (Fsp3) is 0.500. The monoisotopic (exact) mass is 298 g/mol. The summed E-state index contributed by atoms with van der Waals surface area (Å²) in [5, 5.41) is 4.31. The number of thioether (sulfide) groups is 1. The molecule has 3 nitrogen and oxygen atoms in total. The number of halogens is 1. The summed E-state index contributed by atoms with van der Waals surface area (Å²) in [6, 6.07) is 5.23. The van der Waals surface area contributed by atoms with Crippen LogP contribution in [-0.4, -0.2) is 23.5 Å². The molecule has 0 atom stereocenters. The van der Waals surface area contributed by atoms with Crippen molar-refractivity contribution in [2.45, 2.75) is 37.0 Å². The highest BCUT2D eigenvalue weighted by Crippen LogP contribution is 2.27. The minimum absolute atomic E-state index is 0.0817. The highest BCUT2D eigenvalue weighted by atomic mass is 35.5. The molecule has 0 unspecified atom stereocenters. The van der Waals surface area contributed by atoms with Crippen molar-refractivity contribution in [2.75, 3.05) is 12.0 Å². The number of hydrogen-bond acceptors (Lipinski definition) is 3. The van der Waals surface area contributed by atoms with E-state index in [-0.39, 0.29) is 11.9 Å². The molecule has 0 heterocycles. The van der Waals surface area contributed by atoms with Gasteiger partial charge in [-0.1, -0.05) is 11.6 Å². The van der Waals surface area contributed by atoms with Crippen molar-refractivity contribution in [1.82, 2.24) is 5.32 Å².